The number of esters is 1. The Morgan fingerprint density at radius 3 is 3.00 bits per heavy atom. The molecule has 1 heterocycles. The molecular weight excluding hydrogens is 180 g/mol. The van der Waals surface area contributed by atoms with Gasteiger partial charge in [0, 0.05) is 18.3 Å². The van der Waals surface area contributed by atoms with E-state index in [-0.39, 0.29) is 5.97 Å². The van der Waals surface area contributed by atoms with Crippen molar-refractivity contribution < 1.29 is 9.53 Å². The molecule has 0 bridgehead atoms. The van der Waals surface area contributed by atoms with Crippen LogP contribution in [0.2, 0.25) is 0 Å². The van der Waals surface area contributed by atoms with E-state index in [0.29, 0.717) is 13.0 Å². The average Bonchev–Trinajstić information content (AvgIpc) is 2.19. The quantitative estimate of drug-likeness (QED) is 0.709. The Balaban J connectivity index is 2.49. The van der Waals surface area contributed by atoms with Crippen LogP contribution in [-0.4, -0.2) is 23.6 Å². The highest BCUT2D eigenvalue weighted by atomic mass is 16.5. The molecule has 4 heteroatoms. The number of pyridine rings is 1. The first kappa shape index (κ1) is 10.7. The van der Waals surface area contributed by atoms with Gasteiger partial charge in [-0.15, -0.1) is 0 Å². The highest BCUT2D eigenvalue weighted by molar-refractivity contribution is 5.75. The van der Waals surface area contributed by atoms with E-state index < -0.39 is 6.04 Å². The van der Waals surface area contributed by atoms with Crippen LogP contribution >= 0.6 is 0 Å². The molecule has 1 aromatic rings. The van der Waals surface area contributed by atoms with Crippen LogP contribution < -0.4 is 5.73 Å². The van der Waals surface area contributed by atoms with Gasteiger partial charge in [0.2, 0.25) is 0 Å². The van der Waals surface area contributed by atoms with Crippen molar-refractivity contribution in [1.82, 2.24) is 4.98 Å². The molecule has 0 aliphatic carbocycles. The van der Waals surface area contributed by atoms with Gasteiger partial charge in [-0.3, -0.25) is 9.78 Å². The monoisotopic (exact) mass is 194 g/mol. The minimum absolute atomic E-state index is 0.356. The van der Waals surface area contributed by atoms with Crippen LogP contribution in [0.25, 0.3) is 0 Å². The zero-order valence-electron chi connectivity index (χ0n) is 8.14. The number of nitrogens with zero attached hydrogens (tertiary/aromatic N) is 1. The van der Waals surface area contributed by atoms with Crippen LogP contribution in [0.15, 0.2) is 24.4 Å². The van der Waals surface area contributed by atoms with Crippen molar-refractivity contribution in [1.29, 1.82) is 0 Å². The van der Waals surface area contributed by atoms with Crippen LogP contribution in [0, 0.1) is 0 Å². The highest BCUT2D eigenvalue weighted by Crippen LogP contribution is 1.99. The lowest BCUT2D eigenvalue weighted by Gasteiger charge is -2.09. The van der Waals surface area contributed by atoms with Crippen LogP contribution in [0.1, 0.15) is 12.6 Å². The fraction of sp³-hybridized carbons (Fsp3) is 0.400. The predicted molar refractivity (Wildman–Crippen MR) is 52.5 cm³/mol. The van der Waals surface area contributed by atoms with Crippen molar-refractivity contribution in [2.75, 3.05) is 6.61 Å². The van der Waals surface area contributed by atoms with E-state index in [1.165, 1.54) is 0 Å². The maximum absolute atomic E-state index is 11.2. The molecule has 0 amide bonds. The molecule has 0 aliphatic heterocycles. The second-order valence-electron chi connectivity index (χ2n) is 2.88. The first-order valence-corrected chi connectivity index (χ1v) is 4.56. The number of nitrogens with two attached hydrogens (primary N) is 1. The topological polar surface area (TPSA) is 65.2 Å². The molecule has 76 valence electrons. The number of rotatable bonds is 4. The number of carbonyl (C=O) groups is 1. The summed E-state index contributed by atoms with van der Waals surface area (Å²) in [5.74, 6) is -0.377. The molecule has 0 spiro atoms. The van der Waals surface area contributed by atoms with E-state index in [9.17, 15) is 4.79 Å². The molecule has 1 aromatic heterocycles. The average molecular weight is 194 g/mol. The molecule has 4 nitrogen and oxygen atoms in total. The molecule has 0 aliphatic rings. The first-order valence-electron chi connectivity index (χ1n) is 4.56. The van der Waals surface area contributed by atoms with Crippen LogP contribution in [0.5, 0.6) is 0 Å². The lowest BCUT2D eigenvalue weighted by Crippen LogP contribution is -2.34. The number of ether oxygens (including phenoxy) is 1. The Labute approximate surface area is 83.1 Å². The van der Waals surface area contributed by atoms with Gasteiger partial charge in [-0.1, -0.05) is 6.07 Å². The van der Waals surface area contributed by atoms with Crippen LogP contribution in [0.4, 0.5) is 0 Å². The van der Waals surface area contributed by atoms with E-state index in [2.05, 4.69) is 4.98 Å². The van der Waals surface area contributed by atoms with E-state index in [4.69, 9.17) is 10.5 Å². The maximum Gasteiger partial charge on any atom is 0.323 e. The van der Waals surface area contributed by atoms with Crippen molar-refractivity contribution in [3.8, 4) is 0 Å². The van der Waals surface area contributed by atoms with Gasteiger partial charge in [0.1, 0.15) is 6.04 Å². The second kappa shape index (κ2) is 5.34. The molecule has 1 unspecified atom stereocenters. The molecule has 0 saturated carbocycles. The Bertz CT molecular complexity index is 287. The Hall–Kier alpha value is -1.42. The summed E-state index contributed by atoms with van der Waals surface area (Å²) in [6.07, 6.45) is 2.09. The van der Waals surface area contributed by atoms with E-state index >= 15 is 0 Å². The zero-order valence-corrected chi connectivity index (χ0v) is 8.14. The SMILES string of the molecule is CCOC(=O)C(N)Cc1ccccn1. The summed E-state index contributed by atoms with van der Waals surface area (Å²) >= 11 is 0. The standard InChI is InChI=1S/C10H14N2O2/c1-2-14-10(13)9(11)7-8-5-3-4-6-12-8/h3-6,9H,2,7,11H2,1H3. The molecular formula is C10H14N2O2. The first-order chi connectivity index (χ1) is 6.74. The van der Waals surface area contributed by atoms with Gasteiger partial charge in [-0.25, -0.2) is 0 Å². The molecule has 1 atom stereocenters. The summed E-state index contributed by atoms with van der Waals surface area (Å²) in [5.41, 5.74) is 6.42. The van der Waals surface area contributed by atoms with Gasteiger partial charge in [0.15, 0.2) is 0 Å². The lowest BCUT2D eigenvalue weighted by atomic mass is 10.1. The third-order valence-electron chi connectivity index (χ3n) is 1.74. The summed E-state index contributed by atoms with van der Waals surface area (Å²) in [6.45, 7) is 2.11. The molecule has 0 saturated heterocycles. The van der Waals surface area contributed by atoms with Gasteiger partial charge in [0.25, 0.3) is 0 Å². The van der Waals surface area contributed by atoms with Gasteiger partial charge in [-0.2, -0.15) is 0 Å². The molecule has 0 fully saturated rings. The number of hydrogen-bond acceptors (Lipinski definition) is 4. The van der Waals surface area contributed by atoms with Crippen molar-refractivity contribution >= 4 is 5.97 Å². The number of aromatic nitrogens is 1. The molecule has 0 aromatic carbocycles. The fourth-order valence-electron chi connectivity index (χ4n) is 1.08. The highest BCUT2D eigenvalue weighted by Gasteiger charge is 2.15. The lowest BCUT2D eigenvalue weighted by molar-refractivity contribution is -0.144. The minimum Gasteiger partial charge on any atom is -0.465 e. The Morgan fingerprint density at radius 1 is 1.64 bits per heavy atom. The van der Waals surface area contributed by atoms with Crippen LogP contribution in [0.3, 0.4) is 0 Å². The molecule has 0 radical (unpaired) electrons. The smallest absolute Gasteiger partial charge is 0.323 e. The largest absolute Gasteiger partial charge is 0.465 e. The van der Waals surface area contributed by atoms with Crippen molar-refractivity contribution in [3.63, 3.8) is 0 Å². The summed E-state index contributed by atoms with van der Waals surface area (Å²) in [4.78, 5) is 15.2. The maximum atomic E-state index is 11.2. The molecule has 2 N–H and O–H groups in total. The van der Waals surface area contributed by atoms with Gasteiger partial charge >= 0.3 is 5.97 Å². The molecule has 1 rings (SSSR count). The number of hydrogen-bond donors (Lipinski definition) is 1. The van der Waals surface area contributed by atoms with Crippen molar-refractivity contribution in [2.24, 2.45) is 5.73 Å². The van der Waals surface area contributed by atoms with Gasteiger partial charge in [-0.05, 0) is 19.1 Å². The summed E-state index contributed by atoms with van der Waals surface area (Å²) in [5, 5.41) is 0. The van der Waals surface area contributed by atoms with E-state index in [1.807, 2.05) is 18.2 Å². The normalized spacial score (nSPS) is 12.1. The predicted octanol–water partition coefficient (Wildman–Crippen LogP) is 0.514. The summed E-state index contributed by atoms with van der Waals surface area (Å²) in [6, 6.07) is 4.89. The third kappa shape index (κ3) is 3.14. The van der Waals surface area contributed by atoms with Crippen molar-refractivity contribution in [2.45, 2.75) is 19.4 Å². The van der Waals surface area contributed by atoms with Crippen LogP contribution in [-0.2, 0) is 16.0 Å². The van der Waals surface area contributed by atoms with E-state index in [0.717, 1.165) is 5.69 Å². The van der Waals surface area contributed by atoms with Crippen molar-refractivity contribution in [3.05, 3.63) is 30.1 Å². The summed E-state index contributed by atoms with van der Waals surface area (Å²) in [7, 11) is 0. The fourth-order valence-corrected chi connectivity index (χ4v) is 1.08. The Kier molecular flexibility index (Phi) is 4.07. The van der Waals surface area contributed by atoms with Gasteiger partial charge < -0.3 is 10.5 Å². The Morgan fingerprint density at radius 2 is 2.43 bits per heavy atom. The number of carbonyl (C=O) groups excluding carboxylic acids is 1. The zero-order chi connectivity index (χ0) is 10.4. The summed E-state index contributed by atoms with van der Waals surface area (Å²) < 4.78 is 4.78. The van der Waals surface area contributed by atoms with Gasteiger partial charge in [0.05, 0.1) is 6.61 Å². The second-order valence-corrected chi connectivity index (χ2v) is 2.88. The minimum atomic E-state index is -0.621. The molecule has 14 heavy (non-hydrogen) atoms. The third-order valence-corrected chi connectivity index (χ3v) is 1.74. The van der Waals surface area contributed by atoms with E-state index in [1.54, 1.807) is 13.1 Å².